The Labute approximate surface area is 173 Å². The number of hydrogen-bond donors (Lipinski definition) is 1. The second kappa shape index (κ2) is 11.0. The summed E-state index contributed by atoms with van der Waals surface area (Å²) >= 11 is 0. The second-order valence-corrected chi connectivity index (χ2v) is 8.79. The number of carbonyl (C=O) groups is 3. The highest BCUT2D eigenvalue weighted by molar-refractivity contribution is 5.89. The van der Waals surface area contributed by atoms with Crippen LogP contribution in [0.4, 0.5) is 0 Å². The van der Waals surface area contributed by atoms with Gasteiger partial charge in [0.1, 0.15) is 5.60 Å². The normalized spacial score (nSPS) is 13.6. The quantitative estimate of drug-likeness (QED) is 0.575. The van der Waals surface area contributed by atoms with E-state index >= 15 is 0 Å². The lowest BCUT2D eigenvalue weighted by atomic mass is 9.82. The molecule has 0 fully saturated rings. The number of rotatable bonds is 10. The first kappa shape index (κ1) is 24.7. The third-order valence-corrected chi connectivity index (χ3v) is 4.59. The maximum Gasteiger partial charge on any atom is 0.337 e. The molecule has 0 amide bonds. The average Bonchev–Trinajstić information content (AvgIpc) is 2.61. The van der Waals surface area contributed by atoms with E-state index in [1.165, 1.54) is 7.11 Å². The van der Waals surface area contributed by atoms with Crippen molar-refractivity contribution in [1.29, 1.82) is 0 Å². The monoisotopic (exact) mass is 406 g/mol. The van der Waals surface area contributed by atoms with Crippen LogP contribution >= 0.6 is 0 Å². The largest absolute Gasteiger partial charge is 0.481 e. The first-order chi connectivity index (χ1) is 13.4. The Morgan fingerprint density at radius 1 is 1.03 bits per heavy atom. The molecule has 0 aliphatic carbocycles. The predicted octanol–water partition coefficient (Wildman–Crippen LogP) is 4.50. The van der Waals surface area contributed by atoms with E-state index in [4.69, 9.17) is 4.74 Å². The number of carboxylic acids is 1. The number of carboxylic acid groups (broad SMARTS) is 1. The van der Waals surface area contributed by atoms with Gasteiger partial charge in [-0.15, -0.1) is 0 Å². The Hall–Kier alpha value is -2.37. The van der Waals surface area contributed by atoms with Crippen molar-refractivity contribution in [2.45, 2.75) is 65.9 Å². The van der Waals surface area contributed by atoms with Crippen molar-refractivity contribution < 1.29 is 29.0 Å². The number of aliphatic carboxylic acids is 1. The molecule has 1 N–H and O–H groups in total. The summed E-state index contributed by atoms with van der Waals surface area (Å²) in [5, 5.41) is 9.71. The van der Waals surface area contributed by atoms with Gasteiger partial charge in [-0.05, 0) is 70.1 Å². The van der Waals surface area contributed by atoms with Gasteiger partial charge in [0, 0.05) is 0 Å². The van der Waals surface area contributed by atoms with E-state index in [2.05, 4.69) is 4.74 Å². The lowest BCUT2D eigenvalue weighted by Gasteiger charge is -2.28. The van der Waals surface area contributed by atoms with Crippen LogP contribution in [-0.4, -0.2) is 35.7 Å². The van der Waals surface area contributed by atoms with Gasteiger partial charge in [-0.25, -0.2) is 4.79 Å². The SMILES string of the molecule is COC(=O)c1ccc(CCCC(C(=O)OC(C)(C)C)[C@@H](CC(C)C)C(=O)O)cc1. The fraction of sp³-hybridized carbons (Fsp3) is 0.609. The molecular formula is C23H34O6. The van der Waals surface area contributed by atoms with E-state index in [0.717, 1.165) is 5.56 Å². The second-order valence-electron chi connectivity index (χ2n) is 8.79. The zero-order chi connectivity index (χ0) is 22.2. The molecule has 0 saturated heterocycles. The molecule has 0 saturated carbocycles. The molecule has 0 spiro atoms. The minimum atomic E-state index is -0.961. The lowest BCUT2D eigenvalue weighted by molar-refractivity contribution is -0.167. The Balaban J connectivity index is 2.86. The standard InChI is InChI=1S/C23H34O6/c1-15(2)14-19(20(24)25)18(22(27)29-23(3,4)5)9-7-8-16-10-12-17(13-11-16)21(26)28-6/h10-13,15,18-19H,7-9,14H2,1-6H3,(H,24,25)/t18?,19-/m1/s1. The molecule has 1 aromatic rings. The van der Waals surface area contributed by atoms with Gasteiger partial charge in [0.15, 0.2) is 0 Å². The summed E-state index contributed by atoms with van der Waals surface area (Å²) in [6, 6.07) is 7.09. The van der Waals surface area contributed by atoms with E-state index in [0.29, 0.717) is 31.2 Å². The van der Waals surface area contributed by atoms with Gasteiger partial charge < -0.3 is 14.6 Å². The van der Waals surface area contributed by atoms with E-state index in [9.17, 15) is 19.5 Å². The fourth-order valence-corrected chi connectivity index (χ4v) is 3.26. The molecule has 1 unspecified atom stereocenters. The minimum absolute atomic E-state index is 0.159. The molecule has 2 atom stereocenters. The summed E-state index contributed by atoms with van der Waals surface area (Å²) in [5.41, 5.74) is 0.821. The third-order valence-electron chi connectivity index (χ3n) is 4.59. The minimum Gasteiger partial charge on any atom is -0.481 e. The maximum atomic E-state index is 12.7. The lowest BCUT2D eigenvalue weighted by Crippen LogP contribution is -2.36. The predicted molar refractivity (Wildman–Crippen MR) is 111 cm³/mol. The summed E-state index contributed by atoms with van der Waals surface area (Å²) in [6.07, 6.45) is 2.17. The Kier molecular flexibility index (Phi) is 9.34. The topological polar surface area (TPSA) is 89.9 Å². The number of carbonyl (C=O) groups excluding carboxylic acids is 2. The summed E-state index contributed by atoms with van der Waals surface area (Å²) in [4.78, 5) is 36.1. The highest BCUT2D eigenvalue weighted by atomic mass is 16.6. The average molecular weight is 407 g/mol. The number of esters is 2. The smallest absolute Gasteiger partial charge is 0.337 e. The van der Waals surface area contributed by atoms with Crippen molar-refractivity contribution in [2.24, 2.45) is 17.8 Å². The summed E-state index contributed by atoms with van der Waals surface area (Å²) < 4.78 is 10.2. The molecule has 0 aliphatic rings. The first-order valence-corrected chi connectivity index (χ1v) is 10.1. The van der Waals surface area contributed by atoms with Crippen LogP contribution < -0.4 is 0 Å². The van der Waals surface area contributed by atoms with Gasteiger partial charge in [-0.1, -0.05) is 26.0 Å². The first-order valence-electron chi connectivity index (χ1n) is 10.1. The molecule has 29 heavy (non-hydrogen) atoms. The molecule has 1 aromatic carbocycles. The molecule has 1 rings (SSSR count). The van der Waals surface area contributed by atoms with Crippen molar-refractivity contribution in [1.82, 2.24) is 0 Å². The summed E-state index contributed by atoms with van der Waals surface area (Å²) in [6.45, 7) is 9.24. The third kappa shape index (κ3) is 8.67. The van der Waals surface area contributed by atoms with E-state index < -0.39 is 29.4 Å². The number of methoxy groups -OCH3 is 1. The van der Waals surface area contributed by atoms with Crippen LogP contribution in [0.3, 0.4) is 0 Å². The molecule has 162 valence electrons. The Morgan fingerprint density at radius 2 is 1.62 bits per heavy atom. The van der Waals surface area contributed by atoms with E-state index in [1.807, 2.05) is 26.0 Å². The van der Waals surface area contributed by atoms with Crippen LogP contribution in [0.1, 0.15) is 69.8 Å². The zero-order valence-corrected chi connectivity index (χ0v) is 18.4. The van der Waals surface area contributed by atoms with Crippen LogP contribution in [0.15, 0.2) is 24.3 Å². The van der Waals surface area contributed by atoms with Gasteiger partial charge >= 0.3 is 17.9 Å². The molecule has 6 nitrogen and oxygen atoms in total. The molecule has 0 bridgehead atoms. The molecule has 0 aliphatic heterocycles. The van der Waals surface area contributed by atoms with Crippen LogP contribution in [-0.2, 0) is 25.5 Å². The molecule has 0 heterocycles. The van der Waals surface area contributed by atoms with Gasteiger partial charge in [0.2, 0.25) is 0 Å². The molecule has 0 aromatic heterocycles. The van der Waals surface area contributed by atoms with Crippen LogP contribution in [0.5, 0.6) is 0 Å². The fourth-order valence-electron chi connectivity index (χ4n) is 3.26. The van der Waals surface area contributed by atoms with Gasteiger partial charge in [0.05, 0.1) is 24.5 Å². The van der Waals surface area contributed by atoms with Crippen molar-refractivity contribution in [3.63, 3.8) is 0 Å². The molecule has 6 heteroatoms. The van der Waals surface area contributed by atoms with Crippen molar-refractivity contribution in [3.8, 4) is 0 Å². The zero-order valence-electron chi connectivity index (χ0n) is 18.4. The van der Waals surface area contributed by atoms with Gasteiger partial charge in [0.25, 0.3) is 0 Å². The molecular weight excluding hydrogens is 372 g/mol. The maximum absolute atomic E-state index is 12.7. The van der Waals surface area contributed by atoms with Gasteiger partial charge in [-0.2, -0.15) is 0 Å². The Bertz CT molecular complexity index is 684. The number of ether oxygens (including phenoxy) is 2. The van der Waals surface area contributed by atoms with Crippen LogP contribution in [0.25, 0.3) is 0 Å². The summed E-state index contributed by atoms with van der Waals surface area (Å²) in [7, 11) is 1.34. The number of benzene rings is 1. The van der Waals surface area contributed by atoms with E-state index in [1.54, 1.807) is 32.9 Å². The van der Waals surface area contributed by atoms with Crippen molar-refractivity contribution in [2.75, 3.05) is 7.11 Å². The van der Waals surface area contributed by atoms with Crippen molar-refractivity contribution >= 4 is 17.9 Å². The number of hydrogen-bond acceptors (Lipinski definition) is 5. The summed E-state index contributed by atoms with van der Waals surface area (Å²) in [5.74, 6) is -3.11. The van der Waals surface area contributed by atoms with Gasteiger partial charge in [-0.3, -0.25) is 9.59 Å². The Morgan fingerprint density at radius 3 is 2.07 bits per heavy atom. The van der Waals surface area contributed by atoms with Crippen LogP contribution in [0, 0.1) is 17.8 Å². The van der Waals surface area contributed by atoms with Crippen LogP contribution in [0.2, 0.25) is 0 Å². The highest BCUT2D eigenvalue weighted by Gasteiger charge is 2.36. The van der Waals surface area contributed by atoms with Crippen molar-refractivity contribution in [3.05, 3.63) is 35.4 Å². The van der Waals surface area contributed by atoms with E-state index in [-0.39, 0.29) is 11.9 Å². The number of aryl methyl sites for hydroxylation is 1. The molecule has 0 radical (unpaired) electrons. The highest BCUT2D eigenvalue weighted by Crippen LogP contribution is 2.28.